The average molecular weight is 603 g/mol. The van der Waals surface area contributed by atoms with Crippen molar-refractivity contribution in [1.29, 1.82) is 0 Å². The molecule has 0 aliphatic heterocycles. The molecule has 3 aliphatic carbocycles. The van der Waals surface area contributed by atoms with Gasteiger partial charge in [-0.05, 0) is 98.5 Å². The summed E-state index contributed by atoms with van der Waals surface area (Å²) in [6, 6.07) is 0. The molecular weight excluding hydrogens is 541 g/mol. The van der Waals surface area contributed by atoms with E-state index >= 15 is 0 Å². The Bertz CT molecular complexity index is 976. The van der Waals surface area contributed by atoms with Gasteiger partial charge in [0.2, 0.25) is 0 Å². The third-order valence-electron chi connectivity index (χ3n) is 11.5. The molecule has 0 saturated heterocycles. The summed E-state index contributed by atoms with van der Waals surface area (Å²) in [6.45, 7) is 25.8. The Labute approximate surface area is 255 Å². The van der Waals surface area contributed by atoms with E-state index in [0.29, 0.717) is 30.1 Å². The lowest BCUT2D eigenvalue weighted by atomic mass is 9.50. The smallest absolute Gasteiger partial charge is 0.303 e. The lowest BCUT2D eigenvalue weighted by Crippen LogP contribution is -2.55. The first-order valence-electron chi connectivity index (χ1n) is 16.7. The van der Waals surface area contributed by atoms with Gasteiger partial charge >= 0.3 is 5.97 Å². The molecule has 3 aliphatic rings. The summed E-state index contributed by atoms with van der Waals surface area (Å²) in [6.07, 6.45) is 12.9. The first kappa shape index (κ1) is 34.6. The fourth-order valence-corrected chi connectivity index (χ4v) is 9.53. The molecule has 6 heteroatoms. The molecule has 3 rings (SSSR count). The highest BCUT2D eigenvalue weighted by Gasteiger charge is 2.54. The first-order chi connectivity index (χ1) is 18.9. The highest BCUT2D eigenvalue weighted by atomic mass is 28.4. The molecular formula is C35H62O4Si2. The zero-order valence-electron chi connectivity index (χ0n) is 28.4. The van der Waals surface area contributed by atoms with Gasteiger partial charge in [-0.25, -0.2) is 0 Å². The number of hydrogen-bond acceptors (Lipinski definition) is 3. The predicted octanol–water partition coefficient (Wildman–Crippen LogP) is 9.82. The minimum absolute atomic E-state index is 0.0100. The summed E-state index contributed by atoms with van der Waals surface area (Å²) in [4.78, 5) is 11.2. The van der Waals surface area contributed by atoms with Crippen molar-refractivity contribution in [2.45, 2.75) is 161 Å². The van der Waals surface area contributed by atoms with E-state index in [-0.39, 0.29) is 34.6 Å². The highest BCUT2D eigenvalue weighted by molar-refractivity contribution is 6.74. The highest BCUT2D eigenvalue weighted by Crippen LogP contribution is 2.58. The molecule has 0 radical (unpaired) electrons. The Hall–Kier alpha value is -0.876. The number of carboxylic acid groups (broad SMARTS) is 1. The molecule has 3 saturated carbocycles. The Kier molecular flexibility index (Phi) is 11.3. The Morgan fingerprint density at radius 2 is 1.59 bits per heavy atom. The van der Waals surface area contributed by atoms with Crippen molar-refractivity contribution in [3.05, 3.63) is 11.6 Å². The molecule has 0 spiro atoms. The maximum atomic E-state index is 11.2. The number of fused-ring (bicyclic) bond motifs is 1. The van der Waals surface area contributed by atoms with Crippen molar-refractivity contribution in [3.8, 4) is 11.8 Å². The van der Waals surface area contributed by atoms with Crippen LogP contribution in [0.1, 0.15) is 113 Å². The molecule has 0 aromatic carbocycles. The molecule has 0 heterocycles. The lowest BCUT2D eigenvalue weighted by molar-refractivity contribution is -0.136. The van der Waals surface area contributed by atoms with E-state index in [1.807, 2.05) is 0 Å². The Morgan fingerprint density at radius 1 is 0.976 bits per heavy atom. The van der Waals surface area contributed by atoms with Gasteiger partial charge in [0.05, 0.1) is 6.10 Å². The van der Waals surface area contributed by atoms with Gasteiger partial charge in [-0.3, -0.25) is 4.79 Å². The van der Waals surface area contributed by atoms with Crippen LogP contribution in [0.2, 0.25) is 36.3 Å². The van der Waals surface area contributed by atoms with E-state index in [1.54, 1.807) is 0 Å². The maximum absolute atomic E-state index is 11.2. The van der Waals surface area contributed by atoms with Crippen molar-refractivity contribution in [1.82, 2.24) is 0 Å². The third kappa shape index (κ3) is 8.19. The maximum Gasteiger partial charge on any atom is 0.303 e. The van der Waals surface area contributed by atoms with Gasteiger partial charge in [-0.1, -0.05) is 91.2 Å². The van der Waals surface area contributed by atoms with E-state index in [1.165, 1.54) is 37.7 Å². The summed E-state index contributed by atoms with van der Waals surface area (Å²) in [5.41, 5.74) is 1.50. The fourth-order valence-electron chi connectivity index (χ4n) is 6.91. The standard InChI is InChI=1S/C35H62O4Si2/c1-12-26-27(19-16-20-32(36)37)28-21-24-31(39-41(10,11)35(5,6)7)29(33(26)28)22-23-30(25-17-14-13-15-18-25)38-40(8,9)34(2,3)4/h19,25-26,28-31,33H,12-18,20-21,24H2,1-11H3,(H,36,37)/b27-19-/t26?,28-,29+,30?,31-,33+/m1/s1. The van der Waals surface area contributed by atoms with Crippen LogP contribution >= 0.6 is 0 Å². The SMILES string of the molecule is CCC1/C(=C/CCC(=O)O)[C@H]2CC[C@@H](O[Si](C)(C)C(C)(C)C)[C@H](C#CC(O[Si](C)(C)C(C)(C)C)C3CCCCC3)[C@@H]12. The summed E-state index contributed by atoms with van der Waals surface area (Å²) in [5.74, 6) is 9.29. The van der Waals surface area contributed by atoms with Crippen LogP contribution in [0.5, 0.6) is 0 Å². The van der Waals surface area contributed by atoms with Crippen molar-refractivity contribution < 1.29 is 18.8 Å². The number of rotatable bonds is 9. The van der Waals surface area contributed by atoms with Crippen LogP contribution in [0.25, 0.3) is 0 Å². The molecule has 0 amide bonds. The molecule has 6 atom stereocenters. The van der Waals surface area contributed by atoms with Crippen molar-refractivity contribution in [3.63, 3.8) is 0 Å². The number of aliphatic carboxylic acids is 1. The average Bonchev–Trinajstić information content (AvgIpc) is 2.84. The van der Waals surface area contributed by atoms with Gasteiger partial charge in [-0.15, -0.1) is 0 Å². The largest absolute Gasteiger partial charge is 0.481 e. The van der Waals surface area contributed by atoms with Crippen LogP contribution < -0.4 is 0 Å². The van der Waals surface area contributed by atoms with E-state index < -0.39 is 22.6 Å². The summed E-state index contributed by atoms with van der Waals surface area (Å²) < 4.78 is 14.3. The van der Waals surface area contributed by atoms with E-state index in [4.69, 9.17) is 8.85 Å². The van der Waals surface area contributed by atoms with Crippen LogP contribution in [0, 0.1) is 41.4 Å². The van der Waals surface area contributed by atoms with E-state index in [9.17, 15) is 9.90 Å². The second-order valence-corrected chi connectivity index (χ2v) is 25.9. The zero-order chi connectivity index (χ0) is 30.8. The fraction of sp³-hybridized carbons (Fsp3) is 0.857. The normalized spacial score (nSPS) is 29.7. The van der Waals surface area contributed by atoms with Crippen LogP contribution in [0.15, 0.2) is 11.6 Å². The Morgan fingerprint density at radius 3 is 2.12 bits per heavy atom. The van der Waals surface area contributed by atoms with Crippen molar-refractivity contribution in [2.24, 2.45) is 29.6 Å². The van der Waals surface area contributed by atoms with E-state index in [0.717, 1.165) is 19.3 Å². The Balaban J connectivity index is 1.99. The number of hydrogen-bond donors (Lipinski definition) is 1. The minimum atomic E-state index is -1.97. The molecule has 0 aromatic heterocycles. The van der Waals surface area contributed by atoms with Crippen molar-refractivity contribution in [2.75, 3.05) is 0 Å². The molecule has 4 nitrogen and oxygen atoms in total. The van der Waals surface area contributed by atoms with Gasteiger partial charge in [-0.2, -0.15) is 0 Å². The van der Waals surface area contributed by atoms with Gasteiger partial charge < -0.3 is 14.0 Å². The minimum Gasteiger partial charge on any atom is -0.481 e. The predicted molar refractivity (Wildman–Crippen MR) is 177 cm³/mol. The number of carbonyl (C=O) groups is 1. The van der Waals surface area contributed by atoms with E-state index in [2.05, 4.69) is 92.6 Å². The topological polar surface area (TPSA) is 55.8 Å². The summed E-state index contributed by atoms with van der Waals surface area (Å²) in [5, 5.41) is 9.53. The van der Waals surface area contributed by atoms with Gasteiger partial charge in [0.25, 0.3) is 0 Å². The third-order valence-corrected chi connectivity index (χ3v) is 20.5. The van der Waals surface area contributed by atoms with Gasteiger partial charge in [0.1, 0.15) is 6.10 Å². The quantitative estimate of drug-likeness (QED) is 0.162. The lowest BCUT2D eigenvalue weighted by Gasteiger charge is -2.56. The molecule has 2 unspecified atom stereocenters. The molecule has 0 aromatic rings. The molecule has 41 heavy (non-hydrogen) atoms. The van der Waals surface area contributed by atoms with Gasteiger partial charge in [0, 0.05) is 12.3 Å². The van der Waals surface area contributed by atoms with Gasteiger partial charge in [0.15, 0.2) is 16.6 Å². The molecule has 1 N–H and O–H groups in total. The zero-order valence-corrected chi connectivity index (χ0v) is 30.4. The number of carboxylic acids is 1. The van der Waals surface area contributed by atoms with Crippen LogP contribution in [-0.4, -0.2) is 39.9 Å². The molecule has 234 valence electrons. The first-order valence-corrected chi connectivity index (χ1v) is 22.5. The summed E-state index contributed by atoms with van der Waals surface area (Å²) in [7, 11) is -3.94. The second kappa shape index (κ2) is 13.4. The molecule has 3 fully saturated rings. The monoisotopic (exact) mass is 602 g/mol. The van der Waals surface area contributed by atoms with Crippen LogP contribution in [0.3, 0.4) is 0 Å². The van der Waals surface area contributed by atoms with Crippen molar-refractivity contribution >= 4 is 22.6 Å². The molecule has 0 bridgehead atoms. The number of allylic oxidation sites excluding steroid dienone is 2. The second-order valence-electron chi connectivity index (χ2n) is 16.3. The summed E-state index contributed by atoms with van der Waals surface area (Å²) >= 11 is 0. The van der Waals surface area contributed by atoms with Crippen LogP contribution in [-0.2, 0) is 13.6 Å². The van der Waals surface area contributed by atoms with Crippen LogP contribution in [0.4, 0.5) is 0 Å².